The van der Waals surface area contributed by atoms with Crippen LogP contribution >= 0.6 is 0 Å². The Labute approximate surface area is 223 Å². The average Bonchev–Trinajstić information content (AvgIpc) is 3.22. The van der Waals surface area contributed by atoms with Gasteiger partial charge in [0.1, 0.15) is 5.82 Å². The third-order valence-corrected chi connectivity index (χ3v) is 7.70. The van der Waals surface area contributed by atoms with Crippen molar-refractivity contribution in [3.63, 3.8) is 0 Å². The van der Waals surface area contributed by atoms with Crippen LogP contribution in [-0.4, -0.2) is 57.2 Å². The Hall–Kier alpha value is -3.78. The van der Waals surface area contributed by atoms with Gasteiger partial charge in [-0.25, -0.2) is 4.98 Å². The molecule has 5 heterocycles. The standard InChI is InChI=1S/C30H35N7O/c38-30(33-25-9-11-28(32-20-25)37-14-6-3-7-15-37)29-26-17-23(8-10-27(26)34-35-29)24-16-22(18-31-19-24)21-36-12-4-1-2-5-13-36/h8-11,16-20H,1-7,12-15,21H2,(H,33,38)(H,34,35). The van der Waals surface area contributed by atoms with Gasteiger partial charge in [-0.05, 0) is 86.7 Å². The number of nitrogens with one attached hydrogen (secondary N) is 2. The lowest BCUT2D eigenvalue weighted by Crippen LogP contribution is -2.30. The summed E-state index contributed by atoms with van der Waals surface area (Å²) in [6, 6.07) is 12.2. The maximum atomic E-state index is 13.2. The van der Waals surface area contributed by atoms with Gasteiger partial charge in [0.25, 0.3) is 5.91 Å². The van der Waals surface area contributed by atoms with Crippen LogP contribution in [0.2, 0.25) is 0 Å². The fraction of sp³-hybridized carbons (Fsp3) is 0.400. The number of amides is 1. The van der Waals surface area contributed by atoms with Crippen molar-refractivity contribution in [2.45, 2.75) is 51.5 Å². The Kier molecular flexibility index (Phi) is 7.31. The number of aromatic amines is 1. The van der Waals surface area contributed by atoms with Crippen LogP contribution in [0.15, 0.2) is 55.0 Å². The number of pyridine rings is 2. The normalized spacial score (nSPS) is 16.9. The smallest absolute Gasteiger partial charge is 0.276 e. The first-order valence-corrected chi connectivity index (χ1v) is 13.9. The van der Waals surface area contributed by atoms with Gasteiger partial charge in [-0.2, -0.15) is 5.10 Å². The second-order valence-corrected chi connectivity index (χ2v) is 10.5. The molecule has 3 aromatic heterocycles. The van der Waals surface area contributed by atoms with Crippen molar-refractivity contribution in [1.29, 1.82) is 0 Å². The number of anilines is 2. The fourth-order valence-electron chi connectivity index (χ4n) is 5.61. The number of carbonyl (C=O) groups excluding carboxylic acids is 1. The van der Waals surface area contributed by atoms with E-state index in [1.807, 2.05) is 36.7 Å². The predicted octanol–water partition coefficient (Wildman–Crippen LogP) is 5.64. The molecule has 2 fully saturated rings. The molecular formula is C30H35N7O. The molecule has 196 valence electrons. The maximum Gasteiger partial charge on any atom is 0.276 e. The number of aromatic nitrogens is 4. The molecule has 0 spiro atoms. The molecule has 38 heavy (non-hydrogen) atoms. The SMILES string of the molecule is O=C(Nc1ccc(N2CCCCC2)nc1)c1n[nH]c2ccc(-c3cncc(CN4CCCCCC4)c3)cc12. The van der Waals surface area contributed by atoms with Gasteiger partial charge in [0, 0.05) is 43.0 Å². The van der Waals surface area contributed by atoms with Crippen molar-refractivity contribution in [2.75, 3.05) is 36.4 Å². The predicted molar refractivity (Wildman–Crippen MR) is 151 cm³/mol. The van der Waals surface area contributed by atoms with Gasteiger partial charge < -0.3 is 10.2 Å². The molecule has 0 bridgehead atoms. The summed E-state index contributed by atoms with van der Waals surface area (Å²) >= 11 is 0. The van der Waals surface area contributed by atoms with Crippen molar-refractivity contribution >= 4 is 28.3 Å². The van der Waals surface area contributed by atoms with Crippen LogP contribution in [0.4, 0.5) is 11.5 Å². The Morgan fingerprint density at radius 2 is 1.63 bits per heavy atom. The lowest BCUT2D eigenvalue weighted by Gasteiger charge is -2.27. The Morgan fingerprint density at radius 3 is 2.42 bits per heavy atom. The highest BCUT2D eigenvalue weighted by Gasteiger charge is 2.17. The first kappa shape index (κ1) is 24.6. The molecule has 1 aromatic carbocycles. The molecule has 2 N–H and O–H groups in total. The van der Waals surface area contributed by atoms with E-state index < -0.39 is 0 Å². The minimum absolute atomic E-state index is 0.256. The van der Waals surface area contributed by atoms with E-state index in [2.05, 4.69) is 47.4 Å². The van der Waals surface area contributed by atoms with Gasteiger partial charge in [0.05, 0.1) is 17.4 Å². The fourth-order valence-corrected chi connectivity index (χ4v) is 5.61. The van der Waals surface area contributed by atoms with E-state index in [1.165, 1.54) is 50.5 Å². The van der Waals surface area contributed by atoms with Gasteiger partial charge in [-0.3, -0.25) is 19.8 Å². The number of likely N-dealkylation sites (tertiary alicyclic amines) is 1. The zero-order valence-corrected chi connectivity index (χ0v) is 21.8. The van der Waals surface area contributed by atoms with Gasteiger partial charge in [0.2, 0.25) is 0 Å². The lowest BCUT2D eigenvalue weighted by molar-refractivity contribution is 0.102. The molecule has 0 unspecified atom stereocenters. The average molecular weight is 510 g/mol. The van der Waals surface area contributed by atoms with E-state index in [4.69, 9.17) is 0 Å². The van der Waals surface area contributed by atoms with Crippen LogP contribution in [0.1, 0.15) is 61.0 Å². The quantitative estimate of drug-likeness (QED) is 0.350. The molecule has 0 aliphatic carbocycles. The Morgan fingerprint density at radius 1 is 0.842 bits per heavy atom. The third kappa shape index (κ3) is 5.55. The van der Waals surface area contributed by atoms with E-state index in [0.717, 1.165) is 60.6 Å². The molecular weight excluding hydrogens is 474 g/mol. The summed E-state index contributed by atoms with van der Waals surface area (Å²) in [5.74, 6) is 0.707. The van der Waals surface area contributed by atoms with Crippen LogP contribution < -0.4 is 10.2 Å². The highest BCUT2D eigenvalue weighted by atomic mass is 16.1. The number of benzene rings is 1. The highest BCUT2D eigenvalue weighted by molar-refractivity contribution is 6.11. The van der Waals surface area contributed by atoms with E-state index in [0.29, 0.717) is 11.4 Å². The first-order chi connectivity index (χ1) is 18.7. The zero-order chi connectivity index (χ0) is 25.7. The monoisotopic (exact) mass is 509 g/mol. The Balaban J connectivity index is 1.18. The summed E-state index contributed by atoms with van der Waals surface area (Å²) in [7, 11) is 0. The molecule has 8 heteroatoms. The van der Waals surface area contributed by atoms with Crippen molar-refractivity contribution in [1.82, 2.24) is 25.1 Å². The van der Waals surface area contributed by atoms with E-state index in [9.17, 15) is 4.79 Å². The number of carbonyl (C=O) groups is 1. The molecule has 8 nitrogen and oxygen atoms in total. The molecule has 0 atom stereocenters. The summed E-state index contributed by atoms with van der Waals surface area (Å²) < 4.78 is 0. The molecule has 2 saturated heterocycles. The molecule has 4 aromatic rings. The number of nitrogens with zero attached hydrogens (tertiary/aromatic N) is 5. The maximum absolute atomic E-state index is 13.2. The van der Waals surface area contributed by atoms with Crippen LogP contribution in [0.5, 0.6) is 0 Å². The van der Waals surface area contributed by atoms with Crippen molar-refractivity contribution in [3.05, 3.63) is 66.2 Å². The molecule has 2 aliphatic rings. The van der Waals surface area contributed by atoms with Crippen molar-refractivity contribution < 1.29 is 4.79 Å². The summed E-state index contributed by atoms with van der Waals surface area (Å²) in [6.45, 7) is 5.31. The summed E-state index contributed by atoms with van der Waals surface area (Å²) in [6.07, 6.45) is 14.5. The highest BCUT2D eigenvalue weighted by Crippen LogP contribution is 2.27. The van der Waals surface area contributed by atoms with E-state index in [1.54, 1.807) is 6.20 Å². The lowest BCUT2D eigenvalue weighted by atomic mass is 10.0. The number of hydrogen-bond acceptors (Lipinski definition) is 6. The second-order valence-electron chi connectivity index (χ2n) is 10.5. The van der Waals surface area contributed by atoms with Gasteiger partial charge in [-0.15, -0.1) is 0 Å². The van der Waals surface area contributed by atoms with Gasteiger partial charge >= 0.3 is 0 Å². The molecule has 6 rings (SSSR count). The van der Waals surface area contributed by atoms with Crippen LogP contribution in [0.25, 0.3) is 22.0 Å². The number of hydrogen-bond donors (Lipinski definition) is 2. The van der Waals surface area contributed by atoms with Crippen molar-refractivity contribution in [2.24, 2.45) is 0 Å². The molecule has 1 amide bonds. The molecule has 0 saturated carbocycles. The Bertz CT molecular complexity index is 1380. The zero-order valence-electron chi connectivity index (χ0n) is 21.8. The van der Waals surface area contributed by atoms with Crippen LogP contribution in [0, 0.1) is 0 Å². The van der Waals surface area contributed by atoms with Gasteiger partial charge in [0.15, 0.2) is 5.69 Å². The van der Waals surface area contributed by atoms with Crippen LogP contribution in [-0.2, 0) is 6.54 Å². The minimum atomic E-state index is -0.256. The van der Waals surface area contributed by atoms with Gasteiger partial charge in [-0.1, -0.05) is 18.9 Å². The summed E-state index contributed by atoms with van der Waals surface area (Å²) in [5.41, 5.74) is 5.14. The first-order valence-electron chi connectivity index (χ1n) is 13.9. The molecule has 2 aliphatic heterocycles. The number of rotatable bonds is 6. The topological polar surface area (TPSA) is 90.0 Å². The third-order valence-electron chi connectivity index (χ3n) is 7.70. The largest absolute Gasteiger partial charge is 0.357 e. The number of piperidine rings is 1. The van der Waals surface area contributed by atoms with Crippen LogP contribution in [0.3, 0.4) is 0 Å². The minimum Gasteiger partial charge on any atom is -0.357 e. The number of fused-ring (bicyclic) bond motifs is 1. The molecule has 0 radical (unpaired) electrons. The van der Waals surface area contributed by atoms with Crippen molar-refractivity contribution in [3.8, 4) is 11.1 Å². The summed E-state index contributed by atoms with van der Waals surface area (Å²) in [5, 5.41) is 11.1. The second kappa shape index (κ2) is 11.3. The summed E-state index contributed by atoms with van der Waals surface area (Å²) in [4.78, 5) is 27.1. The number of H-pyrrole nitrogens is 1. The van der Waals surface area contributed by atoms with E-state index >= 15 is 0 Å². The van der Waals surface area contributed by atoms with E-state index in [-0.39, 0.29) is 5.91 Å².